The fourth-order valence-corrected chi connectivity index (χ4v) is 5.15. The zero-order valence-corrected chi connectivity index (χ0v) is 18.2. The fourth-order valence-electron chi connectivity index (χ4n) is 5.15. The van der Waals surface area contributed by atoms with Crippen molar-refractivity contribution in [1.29, 1.82) is 0 Å². The molecule has 28 heavy (non-hydrogen) atoms. The van der Waals surface area contributed by atoms with Gasteiger partial charge in [0.25, 0.3) is 0 Å². The van der Waals surface area contributed by atoms with Crippen molar-refractivity contribution < 1.29 is 40.4 Å². The molecule has 0 spiro atoms. The molecule has 0 aromatic heterocycles. The maximum absolute atomic E-state index is 5.68. The van der Waals surface area contributed by atoms with E-state index in [2.05, 4.69) is 31.2 Å². The topological polar surface area (TPSA) is 36.9 Å². The highest BCUT2D eigenvalue weighted by atomic mass is 79.9. The van der Waals surface area contributed by atoms with Crippen molar-refractivity contribution in [2.75, 3.05) is 34.1 Å². The Morgan fingerprint density at radius 1 is 0.964 bits per heavy atom. The molecule has 0 amide bonds. The van der Waals surface area contributed by atoms with Crippen LogP contribution in [0.5, 0.6) is 23.0 Å². The van der Waals surface area contributed by atoms with Gasteiger partial charge in [-0.2, -0.15) is 0 Å². The molecule has 0 radical (unpaired) electrons. The molecule has 150 valence electrons. The van der Waals surface area contributed by atoms with Crippen molar-refractivity contribution in [3.63, 3.8) is 0 Å². The second kappa shape index (κ2) is 7.16. The summed E-state index contributed by atoms with van der Waals surface area (Å²) < 4.78 is 23.5. The smallest absolute Gasteiger partial charge is 0.231 e. The third kappa shape index (κ3) is 2.77. The lowest BCUT2D eigenvalue weighted by molar-refractivity contribution is -0.972. The average Bonchev–Trinajstić information content (AvgIpc) is 3.17. The van der Waals surface area contributed by atoms with Gasteiger partial charge in [0.2, 0.25) is 6.79 Å². The molecule has 2 atom stereocenters. The summed E-state index contributed by atoms with van der Waals surface area (Å²) in [4.78, 5) is 0. The summed E-state index contributed by atoms with van der Waals surface area (Å²) >= 11 is 0. The minimum absolute atomic E-state index is 0. The predicted octanol–water partition coefficient (Wildman–Crippen LogP) is 0.627. The van der Waals surface area contributed by atoms with Gasteiger partial charge in [-0.3, -0.25) is 0 Å². The van der Waals surface area contributed by atoms with Gasteiger partial charge in [-0.15, -0.1) is 0 Å². The third-order valence-electron chi connectivity index (χ3n) is 6.72. The van der Waals surface area contributed by atoms with Crippen LogP contribution in [-0.4, -0.2) is 38.6 Å². The zero-order valence-electron chi connectivity index (χ0n) is 16.6. The van der Waals surface area contributed by atoms with E-state index in [1.54, 1.807) is 14.2 Å². The molecule has 3 heterocycles. The number of fused-ring (bicyclic) bond motifs is 5. The van der Waals surface area contributed by atoms with E-state index in [1.807, 2.05) is 0 Å². The number of halogens is 1. The molecule has 0 saturated heterocycles. The van der Waals surface area contributed by atoms with Crippen LogP contribution in [0.1, 0.15) is 35.2 Å². The molecular formula is C22H26BrNO4. The van der Waals surface area contributed by atoms with Gasteiger partial charge in [-0.25, -0.2) is 0 Å². The Kier molecular flexibility index (Phi) is 4.96. The number of rotatable bonds is 3. The van der Waals surface area contributed by atoms with E-state index in [1.165, 1.54) is 22.3 Å². The summed E-state index contributed by atoms with van der Waals surface area (Å²) in [6, 6.07) is 9.22. The molecule has 0 N–H and O–H groups in total. The Morgan fingerprint density at radius 2 is 1.64 bits per heavy atom. The molecule has 6 heteroatoms. The SMILES string of the molecule is CC[N+]12CCc3cc4c(cc3C1Cc1cc(OC)c(OC)cc1C2)OCO4.[Br-]. The fraction of sp³-hybridized carbons (Fsp3) is 0.455. The summed E-state index contributed by atoms with van der Waals surface area (Å²) in [5.74, 6) is 3.43. The van der Waals surface area contributed by atoms with Gasteiger partial charge in [-0.05, 0) is 42.3 Å². The Labute approximate surface area is 176 Å². The van der Waals surface area contributed by atoms with Crippen molar-refractivity contribution in [3.05, 3.63) is 46.5 Å². The van der Waals surface area contributed by atoms with Crippen molar-refractivity contribution in [3.8, 4) is 23.0 Å². The molecule has 0 bridgehead atoms. The minimum Gasteiger partial charge on any atom is -1.00 e. The normalized spacial score (nSPS) is 23.8. The van der Waals surface area contributed by atoms with Crippen LogP contribution in [0, 0.1) is 0 Å². The molecule has 2 aromatic carbocycles. The second-order valence-electron chi connectivity index (χ2n) is 7.77. The molecule has 2 unspecified atom stereocenters. The largest absolute Gasteiger partial charge is 1.00 e. The lowest BCUT2D eigenvalue weighted by atomic mass is 9.81. The van der Waals surface area contributed by atoms with Crippen LogP contribution in [0.4, 0.5) is 0 Å². The lowest BCUT2D eigenvalue weighted by Gasteiger charge is -2.51. The first-order valence-electron chi connectivity index (χ1n) is 9.69. The van der Waals surface area contributed by atoms with Gasteiger partial charge in [0.05, 0.1) is 27.3 Å². The maximum atomic E-state index is 5.68. The molecule has 3 aliphatic rings. The summed E-state index contributed by atoms with van der Waals surface area (Å²) in [6.07, 6.45) is 2.09. The number of benzene rings is 2. The highest BCUT2D eigenvalue weighted by Gasteiger charge is 2.45. The number of methoxy groups -OCH3 is 2. The first-order valence-corrected chi connectivity index (χ1v) is 9.69. The number of likely N-dealkylation sites (N-methyl/N-ethyl adjacent to an activating group) is 1. The van der Waals surface area contributed by atoms with Crippen LogP contribution >= 0.6 is 0 Å². The van der Waals surface area contributed by atoms with E-state index in [4.69, 9.17) is 18.9 Å². The number of quaternary nitrogens is 1. The summed E-state index contributed by atoms with van der Waals surface area (Å²) in [6.45, 7) is 5.95. The van der Waals surface area contributed by atoms with E-state index in [9.17, 15) is 0 Å². The second-order valence-corrected chi connectivity index (χ2v) is 7.77. The number of hydrogen-bond donors (Lipinski definition) is 0. The Hall–Kier alpha value is -1.92. The van der Waals surface area contributed by atoms with Crippen molar-refractivity contribution in [2.24, 2.45) is 0 Å². The quantitative estimate of drug-likeness (QED) is 0.646. The van der Waals surface area contributed by atoms with Gasteiger partial charge < -0.3 is 40.4 Å². The maximum Gasteiger partial charge on any atom is 0.231 e. The van der Waals surface area contributed by atoms with Gasteiger partial charge >= 0.3 is 0 Å². The predicted molar refractivity (Wildman–Crippen MR) is 102 cm³/mol. The van der Waals surface area contributed by atoms with Crippen LogP contribution in [0.25, 0.3) is 0 Å². The Balaban J connectivity index is 0.00000192. The number of hydrogen-bond acceptors (Lipinski definition) is 4. The molecule has 2 aromatic rings. The standard InChI is InChI=1S/C22H26NO4.BrH/c1-4-23-6-5-14-8-21-22(27-13-26-21)11-17(14)18(23)7-15-9-19(24-2)20(25-3)10-16(15)12-23;/h8-11,18H,4-7,12-13H2,1-3H3;1H/q+1;/p-1. The van der Waals surface area contributed by atoms with Gasteiger partial charge in [0.1, 0.15) is 12.6 Å². The van der Waals surface area contributed by atoms with Crippen LogP contribution in [0.3, 0.4) is 0 Å². The minimum atomic E-state index is 0. The van der Waals surface area contributed by atoms with E-state index >= 15 is 0 Å². The molecule has 0 saturated carbocycles. The van der Waals surface area contributed by atoms with E-state index in [-0.39, 0.29) is 17.0 Å². The first kappa shape index (κ1) is 19.4. The van der Waals surface area contributed by atoms with Gasteiger partial charge in [0, 0.05) is 24.0 Å². The Morgan fingerprint density at radius 3 is 2.32 bits per heavy atom. The third-order valence-corrected chi connectivity index (χ3v) is 6.72. The molecular weight excluding hydrogens is 422 g/mol. The highest BCUT2D eigenvalue weighted by molar-refractivity contribution is 5.52. The van der Waals surface area contributed by atoms with Crippen molar-refractivity contribution >= 4 is 0 Å². The zero-order chi connectivity index (χ0) is 18.6. The van der Waals surface area contributed by atoms with E-state index < -0.39 is 0 Å². The monoisotopic (exact) mass is 447 g/mol. The summed E-state index contributed by atoms with van der Waals surface area (Å²) in [5.41, 5.74) is 5.59. The van der Waals surface area contributed by atoms with Crippen LogP contribution < -0.4 is 35.9 Å². The molecule has 0 aliphatic carbocycles. The van der Waals surface area contributed by atoms with E-state index in [0.29, 0.717) is 12.8 Å². The van der Waals surface area contributed by atoms with Crippen molar-refractivity contribution in [2.45, 2.75) is 32.4 Å². The summed E-state index contributed by atoms with van der Waals surface area (Å²) in [7, 11) is 3.41. The van der Waals surface area contributed by atoms with Crippen molar-refractivity contribution in [1.82, 2.24) is 0 Å². The average molecular weight is 448 g/mol. The first-order chi connectivity index (χ1) is 13.2. The number of nitrogens with zero attached hydrogens (tertiary/aromatic N) is 1. The molecule has 3 aliphatic heterocycles. The van der Waals surface area contributed by atoms with Crippen LogP contribution in [0.2, 0.25) is 0 Å². The van der Waals surface area contributed by atoms with Gasteiger partial charge in [-0.1, -0.05) is 0 Å². The molecule has 0 fully saturated rings. The van der Waals surface area contributed by atoms with Crippen LogP contribution in [-0.2, 0) is 19.4 Å². The van der Waals surface area contributed by atoms with E-state index in [0.717, 1.165) is 60.0 Å². The lowest BCUT2D eigenvalue weighted by Crippen LogP contribution is -3.00. The summed E-state index contributed by atoms with van der Waals surface area (Å²) in [5, 5.41) is 0. The number of ether oxygens (including phenoxy) is 4. The van der Waals surface area contributed by atoms with Crippen LogP contribution in [0.15, 0.2) is 24.3 Å². The van der Waals surface area contributed by atoms with Gasteiger partial charge in [0.15, 0.2) is 23.0 Å². The Bertz CT molecular complexity index is 916. The molecule has 5 nitrogen and oxygen atoms in total. The highest BCUT2D eigenvalue weighted by Crippen LogP contribution is 2.49. The molecule has 5 rings (SSSR count).